The highest BCUT2D eigenvalue weighted by atomic mass is 19.1. The van der Waals surface area contributed by atoms with Crippen molar-refractivity contribution < 1.29 is 14.0 Å². The van der Waals surface area contributed by atoms with Crippen molar-refractivity contribution in [3.63, 3.8) is 0 Å². The van der Waals surface area contributed by atoms with E-state index in [2.05, 4.69) is 21.8 Å². The molecule has 7 nitrogen and oxygen atoms in total. The monoisotopic (exact) mass is 489 g/mol. The lowest BCUT2D eigenvalue weighted by Crippen LogP contribution is -2.52. The second kappa shape index (κ2) is 11.0. The Balaban J connectivity index is 1.24. The third-order valence-corrected chi connectivity index (χ3v) is 7.23. The maximum atomic E-state index is 13.2. The Hall–Kier alpha value is -3.52. The van der Waals surface area contributed by atoms with Gasteiger partial charge in [0.15, 0.2) is 0 Å². The molecule has 2 aliphatic rings. The minimum atomic E-state index is -0.446. The fourth-order valence-electron chi connectivity index (χ4n) is 5.32. The topological polar surface area (TPSA) is 79.3 Å². The van der Waals surface area contributed by atoms with Gasteiger partial charge in [0.2, 0.25) is 11.8 Å². The summed E-state index contributed by atoms with van der Waals surface area (Å²) in [4.78, 5) is 28.3. The maximum absolute atomic E-state index is 13.2. The summed E-state index contributed by atoms with van der Waals surface area (Å²) in [6.07, 6.45) is 7.41. The Morgan fingerprint density at radius 2 is 1.75 bits per heavy atom. The minimum Gasteiger partial charge on any atom is -0.354 e. The lowest BCUT2D eigenvalue weighted by molar-refractivity contribution is -0.128. The van der Waals surface area contributed by atoms with Gasteiger partial charge in [-0.25, -0.2) is 9.07 Å². The van der Waals surface area contributed by atoms with E-state index in [0.717, 1.165) is 29.5 Å². The summed E-state index contributed by atoms with van der Waals surface area (Å²) in [5, 5.41) is 10.5. The van der Waals surface area contributed by atoms with Crippen LogP contribution < -0.4 is 10.6 Å². The van der Waals surface area contributed by atoms with Crippen LogP contribution in [0.25, 0.3) is 0 Å². The number of halogens is 1. The molecule has 0 spiro atoms. The molecule has 0 saturated heterocycles. The minimum absolute atomic E-state index is 0.101. The lowest BCUT2D eigenvalue weighted by atomic mass is 9.93. The molecule has 1 atom stereocenters. The zero-order chi connectivity index (χ0) is 24.9. The van der Waals surface area contributed by atoms with Crippen molar-refractivity contribution in [2.75, 3.05) is 18.4 Å². The molecule has 2 heterocycles. The first kappa shape index (κ1) is 24.2. The van der Waals surface area contributed by atoms with Crippen molar-refractivity contribution in [3.05, 3.63) is 83.3 Å². The largest absolute Gasteiger partial charge is 0.354 e. The van der Waals surface area contributed by atoms with Crippen molar-refractivity contribution in [2.24, 2.45) is 0 Å². The van der Waals surface area contributed by atoms with Crippen LogP contribution in [0.3, 0.4) is 0 Å². The fourth-order valence-corrected chi connectivity index (χ4v) is 5.32. The van der Waals surface area contributed by atoms with Gasteiger partial charge in [-0.05, 0) is 54.5 Å². The highest BCUT2D eigenvalue weighted by Crippen LogP contribution is 2.31. The number of amides is 2. The van der Waals surface area contributed by atoms with E-state index in [-0.39, 0.29) is 24.2 Å². The number of hydrogen-bond acceptors (Lipinski definition) is 4. The summed E-state index contributed by atoms with van der Waals surface area (Å²) in [5.41, 5.74) is 3.23. The number of benzene rings is 2. The summed E-state index contributed by atoms with van der Waals surface area (Å²) in [6.45, 7) is 1.09. The molecule has 2 N–H and O–H groups in total. The summed E-state index contributed by atoms with van der Waals surface area (Å²) >= 11 is 0. The lowest BCUT2D eigenvalue weighted by Gasteiger charge is -2.35. The number of anilines is 1. The highest BCUT2D eigenvalue weighted by Gasteiger charge is 2.32. The van der Waals surface area contributed by atoms with E-state index in [1.54, 1.807) is 18.3 Å². The molecule has 1 fully saturated rings. The maximum Gasteiger partial charge on any atom is 0.239 e. The van der Waals surface area contributed by atoms with Crippen LogP contribution in [0.2, 0.25) is 0 Å². The number of rotatable bonds is 8. The number of carbonyl (C=O) groups is 2. The zero-order valence-electron chi connectivity index (χ0n) is 20.3. The predicted molar refractivity (Wildman–Crippen MR) is 136 cm³/mol. The fraction of sp³-hybridized carbons (Fsp3) is 0.393. The van der Waals surface area contributed by atoms with Gasteiger partial charge in [-0.15, -0.1) is 0 Å². The molecule has 8 heteroatoms. The highest BCUT2D eigenvalue weighted by molar-refractivity contribution is 5.92. The molecule has 1 aliphatic carbocycles. The van der Waals surface area contributed by atoms with E-state index >= 15 is 0 Å². The predicted octanol–water partition coefficient (Wildman–Crippen LogP) is 3.86. The van der Waals surface area contributed by atoms with Gasteiger partial charge in [0.1, 0.15) is 11.6 Å². The molecule has 1 aromatic heterocycles. The Bertz CT molecular complexity index is 1200. The van der Waals surface area contributed by atoms with Gasteiger partial charge in [0, 0.05) is 19.2 Å². The summed E-state index contributed by atoms with van der Waals surface area (Å²) < 4.78 is 15.1. The molecule has 1 aliphatic heterocycles. The molecule has 2 amide bonds. The quantitative estimate of drug-likeness (QED) is 0.504. The number of aromatic nitrogens is 2. The van der Waals surface area contributed by atoms with E-state index < -0.39 is 6.04 Å². The van der Waals surface area contributed by atoms with Crippen LogP contribution in [-0.4, -0.2) is 45.6 Å². The third kappa shape index (κ3) is 5.65. The Morgan fingerprint density at radius 1 is 1.00 bits per heavy atom. The van der Waals surface area contributed by atoms with Gasteiger partial charge in [-0.2, -0.15) is 5.10 Å². The van der Waals surface area contributed by atoms with E-state index in [1.807, 2.05) is 33.8 Å². The average molecular weight is 490 g/mol. The van der Waals surface area contributed by atoms with Gasteiger partial charge < -0.3 is 10.6 Å². The van der Waals surface area contributed by atoms with Crippen molar-refractivity contribution in [1.82, 2.24) is 20.0 Å². The molecule has 3 aromatic rings. The number of nitrogens with one attached hydrogen (secondary N) is 2. The summed E-state index contributed by atoms with van der Waals surface area (Å²) in [6, 6.07) is 16.1. The van der Waals surface area contributed by atoms with E-state index in [0.29, 0.717) is 37.8 Å². The zero-order valence-corrected chi connectivity index (χ0v) is 20.3. The van der Waals surface area contributed by atoms with E-state index in [9.17, 15) is 14.0 Å². The summed E-state index contributed by atoms with van der Waals surface area (Å²) in [7, 11) is 0. The number of hydrogen-bond donors (Lipinski definition) is 2. The number of fused-ring (bicyclic) bond motifs is 1. The van der Waals surface area contributed by atoms with Gasteiger partial charge in [0.25, 0.3) is 0 Å². The molecule has 2 aromatic carbocycles. The molecule has 1 unspecified atom stereocenters. The van der Waals surface area contributed by atoms with Crippen LogP contribution in [0.4, 0.5) is 10.2 Å². The third-order valence-electron chi connectivity index (χ3n) is 7.23. The molecular formula is C28H32FN5O2. The van der Waals surface area contributed by atoms with Gasteiger partial charge in [-0.1, -0.05) is 49.2 Å². The van der Waals surface area contributed by atoms with Crippen molar-refractivity contribution in [2.45, 2.75) is 57.2 Å². The van der Waals surface area contributed by atoms with Crippen LogP contribution in [0, 0.1) is 5.82 Å². The Kier molecular flexibility index (Phi) is 7.41. The van der Waals surface area contributed by atoms with Crippen molar-refractivity contribution in [1.29, 1.82) is 0 Å². The second-order valence-electron chi connectivity index (χ2n) is 9.71. The molecule has 0 bridgehead atoms. The van der Waals surface area contributed by atoms with E-state index in [1.165, 1.54) is 25.0 Å². The Morgan fingerprint density at radius 3 is 2.53 bits per heavy atom. The SMILES string of the molecule is O=C(CN1Cc2ccccc2CC1C(=O)NCCc1ccc(F)cc1)Nc1ccnn1C1CCCC1. The molecule has 188 valence electrons. The Labute approximate surface area is 210 Å². The standard InChI is InChI=1S/C28H32FN5O2/c29-23-11-9-20(10-12-23)13-15-30-28(36)25-17-21-5-1-2-6-22(21)18-33(25)19-27(35)32-26-14-16-31-34(26)24-7-3-4-8-24/h1-2,5-6,9-12,14,16,24-25H,3-4,7-8,13,15,17-19H2,(H,30,36)(H,32,35). The van der Waals surface area contributed by atoms with Crippen molar-refractivity contribution in [3.8, 4) is 0 Å². The molecule has 36 heavy (non-hydrogen) atoms. The van der Waals surface area contributed by atoms with Crippen LogP contribution >= 0.6 is 0 Å². The van der Waals surface area contributed by atoms with E-state index in [4.69, 9.17) is 0 Å². The normalized spacial score (nSPS) is 18.1. The van der Waals surface area contributed by atoms with Crippen LogP contribution in [0.15, 0.2) is 60.8 Å². The van der Waals surface area contributed by atoms with Crippen LogP contribution in [0.5, 0.6) is 0 Å². The van der Waals surface area contributed by atoms with Gasteiger partial charge in [-0.3, -0.25) is 14.5 Å². The summed E-state index contributed by atoms with van der Waals surface area (Å²) in [5.74, 6) is 0.183. The second-order valence-corrected chi connectivity index (χ2v) is 9.71. The molecule has 0 radical (unpaired) electrons. The average Bonchev–Trinajstić information content (AvgIpc) is 3.57. The smallest absolute Gasteiger partial charge is 0.239 e. The van der Waals surface area contributed by atoms with Crippen molar-refractivity contribution >= 4 is 17.6 Å². The molecule has 5 rings (SSSR count). The van der Waals surface area contributed by atoms with Gasteiger partial charge in [0.05, 0.1) is 24.8 Å². The number of nitrogens with zero attached hydrogens (tertiary/aromatic N) is 3. The van der Waals surface area contributed by atoms with Gasteiger partial charge >= 0.3 is 0 Å². The first-order chi connectivity index (χ1) is 17.6. The van der Waals surface area contributed by atoms with Crippen LogP contribution in [0.1, 0.15) is 48.4 Å². The first-order valence-corrected chi connectivity index (χ1v) is 12.7. The first-order valence-electron chi connectivity index (χ1n) is 12.7. The molecule has 1 saturated carbocycles. The molecular weight excluding hydrogens is 457 g/mol. The number of carbonyl (C=O) groups excluding carboxylic acids is 2. The van der Waals surface area contributed by atoms with Crippen LogP contribution in [-0.2, 0) is 29.0 Å².